The summed E-state index contributed by atoms with van der Waals surface area (Å²) in [6.45, 7) is 3.10. The summed E-state index contributed by atoms with van der Waals surface area (Å²) >= 11 is 1.67. The van der Waals surface area contributed by atoms with Gasteiger partial charge in [-0.2, -0.15) is 20.2 Å². The quantitative estimate of drug-likeness (QED) is 0.688. The molecule has 2 rings (SSSR count). The van der Waals surface area contributed by atoms with Gasteiger partial charge in [-0.25, -0.2) is 0 Å². The van der Waals surface area contributed by atoms with Crippen molar-refractivity contribution < 1.29 is 13.2 Å². The van der Waals surface area contributed by atoms with Crippen LogP contribution in [0.25, 0.3) is 0 Å². The van der Waals surface area contributed by atoms with Gasteiger partial charge >= 0.3 is 10.2 Å². The molecule has 0 saturated carbocycles. The minimum absolute atomic E-state index is 0.235. The smallest absolute Gasteiger partial charge is 0.367 e. The molecule has 0 amide bonds. The molecule has 126 valence electrons. The van der Waals surface area contributed by atoms with Crippen LogP contribution in [0, 0.1) is 0 Å². The molecule has 1 aromatic heterocycles. The first kappa shape index (κ1) is 17.5. The first-order valence-corrected chi connectivity index (χ1v) is 9.62. The molecule has 10 heteroatoms. The first-order chi connectivity index (χ1) is 11.1. The summed E-state index contributed by atoms with van der Waals surface area (Å²) in [6.07, 6.45) is 1.74. The van der Waals surface area contributed by atoms with Crippen molar-refractivity contribution in [3.63, 3.8) is 0 Å². The molecular formula is C13H19N5O3S2. The van der Waals surface area contributed by atoms with E-state index in [2.05, 4.69) is 24.4 Å². The van der Waals surface area contributed by atoms with Crippen LogP contribution < -0.4 is 15.4 Å². The zero-order valence-corrected chi connectivity index (χ0v) is 14.6. The molecule has 0 unspecified atom stereocenters. The third kappa shape index (κ3) is 5.10. The van der Waals surface area contributed by atoms with Crippen molar-refractivity contribution >= 4 is 33.6 Å². The summed E-state index contributed by atoms with van der Waals surface area (Å²) in [4.78, 5) is 4.32. The van der Waals surface area contributed by atoms with E-state index in [1.807, 2.05) is 19.1 Å². The molecule has 2 N–H and O–H groups in total. The number of nitrogens with zero attached hydrogens (tertiary/aromatic N) is 3. The summed E-state index contributed by atoms with van der Waals surface area (Å²) in [6, 6.07) is 3.75. The Balaban J connectivity index is 1.78. The van der Waals surface area contributed by atoms with Crippen molar-refractivity contribution in [1.82, 2.24) is 15.6 Å². The Bertz CT molecular complexity index is 703. The van der Waals surface area contributed by atoms with Crippen molar-refractivity contribution in [2.45, 2.75) is 12.7 Å². The Morgan fingerprint density at radius 2 is 2.09 bits per heavy atom. The summed E-state index contributed by atoms with van der Waals surface area (Å²) in [5.74, 6) is 2.76. The fourth-order valence-electron chi connectivity index (χ4n) is 1.85. The number of ether oxygens (including phenoxy) is 1. The standard InChI is InChI=1S/C13H19N5O3S2/c1-3-21-11-5-4-6-15-10(11)9-22-8-7-16-13-12(14-2)17-23(19,20)18-13/h4-6H,3,7-9H2,1-2H3,(H,14,17)(H,16,18). The van der Waals surface area contributed by atoms with Crippen LogP contribution in [0.3, 0.4) is 0 Å². The predicted molar refractivity (Wildman–Crippen MR) is 92.4 cm³/mol. The maximum atomic E-state index is 11.3. The number of nitrogens with one attached hydrogen (secondary N) is 2. The average Bonchev–Trinajstić information content (AvgIpc) is 2.83. The monoisotopic (exact) mass is 357 g/mol. The van der Waals surface area contributed by atoms with E-state index >= 15 is 0 Å². The number of hydrogen-bond donors (Lipinski definition) is 2. The maximum absolute atomic E-state index is 11.3. The number of amidine groups is 2. The van der Waals surface area contributed by atoms with Gasteiger partial charge in [0.1, 0.15) is 5.75 Å². The van der Waals surface area contributed by atoms with E-state index in [0.717, 1.165) is 22.9 Å². The van der Waals surface area contributed by atoms with Crippen LogP contribution >= 0.6 is 11.8 Å². The second-order valence-corrected chi connectivity index (χ2v) is 6.80. The van der Waals surface area contributed by atoms with Crippen LogP contribution in [0.1, 0.15) is 12.6 Å². The normalized spacial score (nSPS) is 15.7. The number of rotatable bonds is 7. The SMILES string of the molecule is CCOc1cccnc1CSCCNC1=NS(=O)(=O)N=C1NC. The van der Waals surface area contributed by atoms with E-state index in [4.69, 9.17) is 4.74 Å². The van der Waals surface area contributed by atoms with Crippen LogP contribution in [0.15, 0.2) is 27.1 Å². The van der Waals surface area contributed by atoms with Crippen molar-refractivity contribution in [1.29, 1.82) is 0 Å². The van der Waals surface area contributed by atoms with Gasteiger partial charge in [-0.1, -0.05) is 0 Å². The summed E-state index contributed by atoms with van der Waals surface area (Å²) in [5, 5.41) is 5.67. The van der Waals surface area contributed by atoms with E-state index in [1.165, 1.54) is 0 Å². The maximum Gasteiger partial charge on any atom is 0.367 e. The number of thioether (sulfide) groups is 1. The molecule has 2 heterocycles. The van der Waals surface area contributed by atoms with Crippen molar-refractivity contribution in [2.24, 2.45) is 8.80 Å². The Morgan fingerprint density at radius 1 is 1.30 bits per heavy atom. The highest BCUT2D eigenvalue weighted by Crippen LogP contribution is 2.20. The lowest BCUT2D eigenvalue weighted by atomic mass is 10.3. The zero-order chi connectivity index (χ0) is 16.7. The van der Waals surface area contributed by atoms with Gasteiger partial charge in [-0.05, 0) is 19.1 Å². The first-order valence-electron chi connectivity index (χ1n) is 7.07. The lowest BCUT2D eigenvalue weighted by Gasteiger charge is -2.09. The van der Waals surface area contributed by atoms with Gasteiger partial charge in [0.15, 0.2) is 11.7 Å². The van der Waals surface area contributed by atoms with Gasteiger partial charge in [-0.15, -0.1) is 8.80 Å². The van der Waals surface area contributed by atoms with Gasteiger partial charge in [0.25, 0.3) is 0 Å². The Morgan fingerprint density at radius 3 is 2.83 bits per heavy atom. The predicted octanol–water partition coefficient (Wildman–Crippen LogP) is 0.578. The molecule has 23 heavy (non-hydrogen) atoms. The molecule has 0 spiro atoms. The molecule has 8 nitrogen and oxygen atoms in total. The highest BCUT2D eigenvalue weighted by molar-refractivity contribution is 7.98. The highest BCUT2D eigenvalue weighted by Gasteiger charge is 2.22. The highest BCUT2D eigenvalue weighted by atomic mass is 32.2. The third-order valence-corrected chi connectivity index (χ3v) is 4.60. The molecule has 1 aromatic rings. The van der Waals surface area contributed by atoms with Gasteiger partial charge < -0.3 is 15.4 Å². The van der Waals surface area contributed by atoms with Crippen molar-refractivity contribution in [3.05, 3.63) is 24.0 Å². The van der Waals surface area contributed by atoms with Crippen LogP contribution in [-0.2, 0) is 16.0 Å². The minimum Gasteiger partial charge on any atom is -0.492 e. The molecule has 0 aliphatic carbocycles. The largest absolute Gasteiger partial charge is 0.492 e. The van der Waals surface area contributed by atoms with Crippen molar-refractivity contribution in [3.8, 4) is 5.75 Å². The van der Waals surface area contributed by atoms with E-state index in [-0.39, 0.29) is 11.7 Å². The molecule has 0 fully saturated rings. The lowest BCUT2D eigenvalue weighted by Crippen LogP contribution is -2.37. The van der Waals surface area contributed by atoms with E-state index in [0.29, 0.717) is 13.2 Å². The van der Waals surface area contributed by atoms with Gasteiger partial charge in [0, 0.05) is 31.3 Å². The third-order valence-electron chi connectivity index (χ3n) is 2.80. The number of hydrogen-bond acceptors (Lipinski definition) is 7. The fraction of sp³-hybridized carbons (Fsp3) is 0.462. The summed E-state index contributed by atoms with van der Waals surface area (Å²) < 4.78 is 35.1. The second-order valence-electron chi connectivity index (χ2n) is 4.44. The van der Waals surface area contributed by atoms with Crippen LogP contribution in [-0.4, -0.2) is 51.0 Å². The molecule has 0 radical (unpaired) electrons. The van der Waals surface area contributed by atoms with Crippen LogP contribution in [0.4, 0.5) is 0 Å². The second kappa shape index (κ2) is 8.16. The van der Waals surface area contributed by atoms with Gasteiger partial charge in [-0.3, -0.25) is 4.98 Å². The van der Waals surface area contributed by atoms with Gasteiger partial charge in [0.2, 0.25) is 0 Å². The minimum atomic E-state index is -3.74. The van der Waals surface area contributed by atoms with E-state index in [1.54, 1.807) is 25.0 Å². The Labute approximate surface area is 140 Å². The van der Waals surface area contributed by atoms with Crippen LogP contribution in [0.5, 0.6) is 5.75 Å². The average molecular weight is 357 g/mol. The molecule has 0 atom stereocenters. The molecule has 1 aliphatic rings. The molecule has 1 aliphatic heterocycles. The van der Waals surface area contributed by atoms with Crippen LogP contribution in [0.2, 0.25) is 0 Å². The Hall–Kier alpha value is -1.81. The summed E-state index contributed by atoms with van der Waals surface area (Å²) in [7, 11) is -2.14. The number of aromatic nitrogens is 1. The summed E-state index contributed by atoms with van der Waals surface area (Å²) in [5.41, 5.74) is 0.901. The molecule has 0 bridgehead atoms. The molecular weight excluding hydrogens is 338 g/mol. The van der Waals surface area contributed by atoms with Gasteiger partial charge in [0.05, 0.1) is 12.3 Å². The number of pyridine rings is 1. The van der Waals surface area contributed by atoms with Crippen molar-refractivity contribution in [2.75, 3.05) is 26.0 Å². The zero-order valence-electron chi connectivity index (χ0n) is 12.9. The topological polar surface area (TPSA) is 105 Å². The van der Waals surface area contributed by atoms with E-state index in [9.17, 15) is 8.42 Å². The Kier molecular flexibility index (Phi) is 6.22. The molecule has 0 saturated heterocycles. The number of likely N-dealkylation sites (N-methyl/N-ethyl adjacent to an activating group) is 1. The van der Waals surface area contributed by atoms with E-state index < -0.39 is 10.2 Å². The molecule has 0 aromatic carbocycles. The fourth-order valence-corrected chi connectivity index (χ4v) is 3.48. The lowest BCUT2D eigenvalue weighted by molar-refractivity contribution is 0.336.